The van der Waals surface area contributed by atoms with E-state index >= 15 is 0 Å². The molecule has 0 fully saturated rings. The number of carbonyl (C=O) groups is 2. The first-order valence-corrected chi connectivity index (χ1v) is 15.4. The van der Waals surface area contributed by atoms with Gasteiger partial charge in [0, 0.05) is 13.1 Å². The molecule has 1 N–H and O–H groups in total. The lowest BCUT2D eigenvalue weighted by Gasteiger charge is -2.33. The molecule has 220 valence electrons. The normalized spacial score (nSPS) is 12.2. The van der Waals surface area contributed by atoms with Crippen LogP contribution in [0.2, 0.25) is 10.0 Å². The maximum Gasteiger partial charge on any atom is 0.264 e. The third-order valence-corrected chi connectivity index (χ3v) is 8.94. The molecule has 0 aliphatic rings. The molecule has 7 nitrogen and oxygen atoms in total. The van der Waals surface area contributed by atoms with Crippen molar-refractivity contribution in [2.45, 2.75) is 51.6 Å². The number of anilines is 1. The van der Waals surface area contributed by atoms with Gasteiger partial charge < -0.3 is 10.2 Å². The van der Waals surface area contributed by atoms with Crippen LogP contribution in [0.4, 0.5) is 10.1 Å². The zero-order valence-corrected chi connectivity index (χ0v) is 25.7. The highest BCUT2D eigenvalue weighted by Crippen LogP contribution is 2.27. The van der Waals surface area contributed by atoms with Crippen LogP contribution in [0.1, 0.15) is 38.3 Å². The number of rotatable bonds is 12. The SMILES string of the molecule is CC[C@H](C(=O)NCC(C)C)N(Cc1ccc(Cl)c(Cl)c1)C(=O)CN(c1ccc(C)cc1)S(=O)(=O)c1ccc(F)cc1. The lowest BCUT2D eigenvalue weighted by molar-refractivity contribution is -0.140. The van der Waals surface area contributed by atoms with Gasteiger partial charge in [-0.15, -0.1) is 0 Å². The summed E-state index contributed by atoms with van der Waals surface area (Å²) in [6, 6.07) is 15.1. The van der Waals surface area contributed by atoms with Gasteiger partial charge in [0.15, 0.2) is 0 Å². The Labute approximate surface area is 251 Å². The van der Waals surface area contributed by atoms with Gasteiger partial charge in [0.2, 0.25) is 11.8 Å². The quantitative estimate of drug-likeness (QED) is 0.260. The van der Waals surface area contributed by atoms with E-state index in [0.717, 1.165) is 34.1 Å². The molecule has 0 saturated heterocycles. The van der Waals surface area contributed by atoms with Crippen molar-refractivity contribution in [3.05, 3.63) is 93.7 Å². The first kappa shape index (κ1) is 32.4. The Morgan fingerprint density at radius 1 is 0.951 bits per heavy atom. The molecule has 0 heterocycles. The topological polar surface area (TPSA) is 86.8 Å². The predicted molar refractivity (Wildman–Crippen MR) is 161 cm³/mol. The molecule has 3 aromatic carbocycles. The summed E-state index contributed by atoms with van der Waals surface area (Å²) in [4.78, 5) is 28.5. The van der Waals surface area contributed by atoms with Crippen LogP contribution in [0.25, 0.3) is 0 Å². The Morgan fingerprint density at radius 3 is 2.15 bits per heavy atom. The zero-order valence-electron chi connectivity index (χ0n) is 23.4. The number of aryl methyl sites for hydroxylation is 1. The molecule has 0 spiro atoms. The molecule has 0 bridgehead atoms. The van der Waals surface area contributed by atoms with Crippen molar-refractivity contribution >= 4 is 50.7 Å². The molecule has 0 aliphatic carbocycles. The van der Waals surface area contributed by atoms with Gasteiger partial charge in [-0.25, -0.2) is 12.8 Å². The van der Waals surface area contributed by atoms with Gasteiger partial charge in [-0.3, -0.25) is 13.9 Å². The zero-order chi connectivity index (χ0) is 30.3. The highest BCUT2D eigenvalue weighted by molar-refractivity contribution is 7.92. The van der Waals surface area contributed by atoms with Crippen LogP contribution in [0.15, 0.2) is 71.6 Å². The van der Waals surface area contributed by atoms with Gasteiger partial charge in [-0.1, -0.05) is 67.7 Å². The van der Waals surface area contributed by atoms with Gasteiger partial charge in [-0.2, -0.15) is 0 Å². The number of halogens is 3. The number of nitrogens with one attached hydrogen (secondary N) is 1. The fourth-order valence-corrected chi connectivity index (χ4v) is 5.89. The second-order valence-corrected chi connectivity index (χ2v) is 12.8. The Hall–Kier alpha value is -3.14. The van der Waals surface area contributed by atoms with Crippen LogP contribution >= 0.6 is 23.2 Å². The summed E-state index contributed by atoms with van der Waals surface area (Å²) in [7, 11) is -4.29. The van der Waals surface area contributed by atoms with Gasteiger partial charge >= 0.3 is 0 Å². The second kappa shape index (κ2) is 14.2. The Kier molecular flexibility index (Phi) is 11.2. The van der Waals surface area contributed by atoms with Gasteiger partial charge in [-0.05, 0) is 73.4 Å². The molecule has 1 atom stereocenters. The number of amides is 2. The molecular formula is C30H34Cl2FN3O4S. The van der Waals surface area contributed by atoms with E-state index in [1.807, 2.05) is 20.8 Å². The summed E-state index contributed by atoms with van der Waals surface area (Å²) < 4.78 is 42.2. The summed E-state index contributed by atoms with van der Waals surface area (Å²) in [5.41, 5.74) is 1.76. The second-order valence-electron chi connectivity index (χ2n) is 10.1. The van der Waals surface area contributed by atoms with Crippen molar-refractivity contribution in [1.29, 1.82) is 0 Å². The van der Waals surface area contributed by atoms with Gasteiger partial charge in [0.25, 0.3) is 10.0 Å². The summed E-state index contributed by atoms with van der Waals surface area (Å²) in [6.07, 6.45) is 0.284. The van der Waals surface area contributed by atoms with Gasteiger partial charge in [0.05, 0.1) is 20.6 Å². The number of hydrogen-bond donors (Lipinski definition) is 1. The summed E-state index contributed by atoms with van der Waals surface area (Å²) in [5, 5.41) is 3.50. The average molecular weight is 623 g/mol. The largest absolute Gasteiger partial charge is 0.354 e. The van der Waals surface area contributed by atoms with E-state index in [0.29, 0.717) is 17.1 Å². The molecule has 0 radical (unpaired) electrons. The minimum Gasteiger partial charge on any atom is -0.354 e. The van der Waals surface area contributed by atoms with Crippen LogP contribution in [0, 0.1) is 18.7 Å². The smallest absolute Gasteiger partial charge is 0.264 e. The van der Waals surface area contributed by atoms with E-state index in [-0.39, 0.29) is 40.4 Å². The van der Waals surface area contributed by atoms with Crippen molar-refractivity contribution in [2.75, 3.05) is 17.4 Å². The standard InChI is InChI=1S/C30H34Cl2FN3O4S/c1-5-28(30(38)34-17-20(2)3)35(18-22-8-15-26(31)27(32)16-22)29(37)19-36(24-11-6-21(4)7-12-24)41(39,40)25-13-9-23(33)10-14-25/h6-16,20,28H,5,17-19H2,1-4H3,(H,34,38)/t28-/m1/s1. The summed E-state index contributed by atoms with van der Waals surface area (Å²) in [5.74, 6) is -1.35. The molecule has 3 rings (SSSR count). The third-order valence-electron chi connectivity index (χ3n) is 6.41. The van der Waals surface area contributed by atoms with E-state index < -0.39 is 34.3 Å². The molecule has 0 unspecified atom stereocenters. The monoisotopic (exact) mass is 621 g/mol. The Balaban J connectivity index is 2.05. The highest BCUT2D eigenvalue weighted by atomic mass is 35.5. The van der Waals surface area contributed by atoms with Crippen molar-refractivity contribution in [2.24, 2.45) is 5.92 Å². The van der Waals surface area contributed by atoms with E-state index in [9.17, 15) is 22.4 Å². The van der Waals surface area contributed by atoms with Crippen LogP contribution in [0.5, 0.6) is 0 Å². The van der Waals surface area contributed by atoms with Crippen LogP contribution in [-0.2, 0) is 26.2 Å². The maximum absolute atomic E-state index is 14.0. The molecule has 0 aromatic heterocycles. The summed E-state index contributed by atoms with van der Waals surface area (Å²) >= 11 is 12.3. The lowest BCUT2D eigenvalue weighted by Crippen LogP contribution is -2.52. The molecule has 3 aromatic rings. The molecule has 2 amide bonds. The minimum absolute atomic E-state index is 0.0122. The van der Waals surface area contributed by atoms with Crippen LogP contribution in [-0.4, -0.2) is 44.3 Å². The lowest BCUT2D eigenvalue weighted by atomic mass is 10.1. The number of carbonyl (C=O) groups excluding carboxylic acids is 2. The number of benzene rings is 3. The average Bonchev–Trinajstić information content (AvgIpc) is 2.93. The molecule has 0 aliphatic heterocycles. The number of sulfonamides is 1. The van der Waals surface area contributed by atoms with Crippen molar-refractivity contribution in [3.8, 4) is 0 Å². The first-order chi connectivity index (χ1) is 19.3. The predicted octanol–water partition coefficient (Wildman–Crippen LogP) is 6.22. The number of hydrogen-bond acceptors (Lipinski definition) is 4. The highest BCUT2D eigenvalue weighted by Gasteiger charge is 2.33. The first-order valence-electron chi connectivity index (χ1n) is 13.2. The van der Waals surface area contributed by atoms with Gasteiger partial charge in [0.1, 0.15) is 18.4 Å². The van der Waals surface area contributed by atoms with E-state index in [1.165, 1.54) is 4.90 Å². The van der Waals surface area contributed by atoms with E-state index in [4.69, 9.17) is 23.2 Å². The molecular weight excluding hydrogens is 588 g/mol. The minimum atomic E-state index is -4.29. The third kappa shape index (κ3) is 8.44. The van der Waals surface area contributed by atoms with E-state index in [2.05, 4.69) is 5.32 Å². The van der Waals surface area contributed by atoms with Crippen LogP contribution < -0.4 is 9.62 Å². The molecule has 0 saturated carbocycles. The molecule has 11 heteroatoms. The van der Waals surface area contributed by atoms with Crippen molar-refractivity contribution < 1.29 is 22.4 Å². The van der Waals surface area contributed by atoms with Crippen molar-refractivity contribution in [3.63, 3.8) is 0 Å². The fraction of sp³-hybridized carbons (Fsp3) is 0.333. The number of nitrogens with zero attached hydrogens (tertiary/aromatic N) is 2. The Bertz CT molecular complexity index is 1470. The van der Waals surface area contributed by atoms with Crippen molar-refractivity contribution in [1.82, 2.24) is 10.2 Å². The Morgan fingerprint density at radius 2 is 1.59 bits per heavy atom. The van der Waals surface area contributed by atoms with E-state index in [1.54, 1.807) is 49.4 Å². The maximum atomic E-state index is 14.0. The molecule has 41 heavy (non-hydrogen) atoms. The summed E-state index contributed by atoms with van der Waals surface area (Å²) in [6.45, 7) is 7.35. The fourth-order valence-electron chi connectivity index (χ4n) is 4.15. The van der Waals surface area contributed by atoms with Crippen LogP contribution in [0.3, 0.4) is 0 Å².